The van der Waals surface area contributed by atoms with Crippen molar-refractivity contribution < 1.29 is 14.3 Å². The number of hydrogen-bond donors (Lipinski definition) is 0. The number of esters is 1. The van der Waals surface area contributed by atoms with Gasteiger partial charge in [-0.3, -0.25) is 0 Å². The first-order chi connectivity index (χ1) is 7.18. The Morgan fingerprint density at radius 3 is 2.93 bits per heavy atom. The van der Waals surface area contributed by atoms with Crippen molar-refractivity contribution in [3.8, 4) is 0 Å². The Labute approximate surface area is 89.0 Å². The monoisotopic (exact) mass is 206 g/mol. The van der Waals surface area contributed by atoms with E-state index < -0.39 is 0 Å². The van der Waals surface area contributed by atoms with Crippen LogP contribution in [0.5, 0.6) is 0 Å². The van der Waals surface area contributed by atoms with Crippen LogP contribution in [0.15, 0.2) is 18.2 Å². The van der Waals surface area contributed by atoms with E-state index in [-0.39, 0.29) is 12.1 Å². The van der Waals surface area contributed by atoms with Crippen LogP contribution in [0.3, 0.4) is 0 Å². The lowest BCUT2D eigenvalue weighted by Crippen LogP contribution is -2.11. The van der Waals surface area contributed by atoms with Gasteiger partial charge in [0.25, 0.3) is 0 Å². The Balaban J connectivity index is 2.06. The average molecular weight is 206 g/mol. The van der Waals surface area contributed by atoms with Crippen molar-refractivity contribution in [2.24, 2.45) is 0 Å². The van der Waals surface area contributed by atoms with Crippen molar-refractivity contribution in [1.29, 1.82) is 0 Å². The van der Waals surface area contributed by atoms with Gasteiger partial charge in [0.2, 0.25) is 0 Å². The fraction of sp³-hybridized carbons (Fsp3) is 0.417. The summed E-state index contributed by atoms with van der Waals surface area (Å²) < 4.78 is 10.1. The molecule has 1 saturated heterocycles. The zero-order chi connectivity index (χ0) is 10.8. The lowest BCUT2D eigenvalue weighted by molar-refractivity contribution is 0.0475. The van der Waals surface area contributed by atoms with Crippen LogP contribution in [0, 0.1) is 13.8 Å². The lowest BCUT2D eigenvalue weighted by Gasteiger charge is -2.07. The summed E-state index contributed by atoms with van der Waals surface area (Å²) in [4.78, 5) is 11.7. The molecule has 1 fully saturated rings. The third kappa shape index (κ3) is 2.36. The molecule has 1 heterocycles. The van der Waals surface area contributed by atoms with E-state index in [2.05, 4.69) is 0 Å². The highest BCUT2D eigenvalue weighted by Crippen LogP contribution is 2.15. The molecule has 1 aliphatic rings. The van der Waals surface area contributed by atoms with Crippen LogP contribution < -0.4 is 0 Å². The van der Waals surface area contributed by atoms with E-state index in [0.29, 0.717) is 18.8 Å². The van der Waals surface area contributed by atoms with Crippen molar-refractivity contribution in [2.45, 2.75) is 20.0 Å². The van der Waals surface area contributed by atoms with Crippen molar-refractivity contribution in [1.82, 2.24) is 0 Å². The second-order valence-electron chi connectivity index (χ2n) is 3.80. The molecular formula is C12H14O3. The van der Waals surface area contributed by atoms with Gasteiger partial charge in [0.1, 0.15) is 12.7 Å². The molecule has 3 nitrogen and oxygen atoms in total. The van der Waals surface area contributed by atoms with E-state index in [1.807, 2.05) is 26.0 Å². The van der Waals surface area contributed by atoms with Gasteiger partial charge in [-0.1, -0.05) is 12.1 Å². The van der Waals surface area contributed by atoms with E-state index in [9.17, 15) is 4.79 Å². The Bertz CT molecular complexity index is 380. The second kappa shape index (κ2) is 4.03. The highest BCUT2D eigenvalue weighted by Gasteiger charge is 2.24. The molecule has 0 radical (unpaired) electrons. The first-order valence-corrected chi connectivity index (χ1v) is 5.03. The minimum atomic E-state index is -0.258. The third-order valence-corrected chi connectivity index (χ3v) is 2.63. The summed E-state index contributed by atoms with van der Waals surface area (Å²) in [7, 11) is 0. The molecule has 0 bridgehead atoms. The van der Waals surface area contributed by atoms with Crippen molar-refractivity contribution in [3.63, 3.8) is 0 Å². The average Bonchev–Trinajstić information content (AvgIpc) is 3.02. The second-order valence-corrected chi connectivity index (χ2v) is 3.80. The van der Waals surface area contributed by atoms with Gasteiger partial charge in [-0.2, -0.15) is 0 Å². The molecule has 1 atom stereocenters. The van der Waals surface area contributed by atoms with Gasteiger partial charge in [-0.25, -0.2) is 4.79 Å². The normalized spacial score (nSPS) is 18.7. The van der Waals surface area contributed by atoms with Crippen LogP contribution in [0.4, 0.5) is 0 Å². The molecule has 1 unspecified atom stereocenters. The first kappa shape index (κ1) is 10.2. The summed E-state index contributed by atoms with van der Waals surface area (Å²) in [5.74, 6) is -0.258. The van der Waals surface area contributed by atoms with Gasteiger partial charge in [-0.05, 0) is 31.0 Å². The number of hydrogen-bond acceptors (Lipinski definition) is 3. The van der Waals surface area contributed by atoms with Crippen LogP contribution >= 0.6 is 0 Å². The number of carbonyl (C=O) groups excluding carboxylic acids is 1. The zero-order valence-corrected chi connectivity index (χ0v) is 8.95. The quantitative estimate of drug-likeness (QED) is 0.559. The maximum absolute atomic E-state index is 11.7. The maximum Gasteiger partial charge on any atom is 0.338 e. The molecule has 0 spiro atoms. The lowest BCUT2D eigenvalue weighted by atomic mass is 10.0. The van der Waals surface area contributed by atoms with Crippen molar-refractivity contribution >= 4 is 5.97 Å². The van der Waals surface area contributed by atoms with E-state index in [1.165, 1.54) is 0 Å². The van der Waals surface area contributed by atoms with Crippen LogP contribution in [-0.4, -0.2) is 25.3 Å². The Kier molecular flexibility index (Phi) is 2.73. The zero-order valence-electron chi connectivity index (χ0n) is 8.95. The van der Waals surface area contributed by atoms with E-state index in [4.69, 9.17) is 9.47 Å². The molecule has 0 aliphatic carbocycles. The molecule has 15 heavy (non-hydrogen) atoms. The standard InChI is InChI=1S/C12H14O3/c1-8-4-3-5-11(9(8)2)12(13)15-7-10-6-14-10/h3-5,10H,6-7H2,1-2H3. The molecule has 2 rings (SSSR count). The van der Waals surface area contributed by atoms with Gasteiger partial charge in [-0.15, -0.1) is 0 Å². The fourth-order valence-electron chi connectivity index (χ4n) is 1.38. The highest BCUT2D eigenvalue weighted by atomic mass is 16.6. The largest absolute Gasteiger partial charge is 0.459 e. The predicted molar refractivity (Wildman–Crippen MR) is 55.9 cm³/mol. The number of rotatable bonds is 3. The Morgan fingerprint density at radius 2 is 2.27 bits per heavy atom. The molecule has 1 aromatic carbocycles. The van der Waals surface area contributed by atoms with Crippen molar-refractivity contribution in [2.75, 3.05) is 13.2 Å². The minimum absolute atomic E-state index is 0.124. The molecule has 0 N–H and O–H groups in total. The van der Waals surface area contributed by atoms with E-state index in [0.717, 1.165) is 11.1 Å². The molecular weight excluding hydrogens is 192 g/mol. The van der Waals surface area contributed by atoms with Gasteiger partial charge in [0.05, 0.1) is 12.2 Å². The van der Waals surface area contributed by atoms with Crippen LogP contribution in [0.1, 0.15) is 21.5 Å². The molecule has 0 amide bonds. The fourth-order valence-corrected chi connectivity index (χ4v) is 1.38. The molecule has 0 aromatic heterocycles. The summed E-state index contributed by atoms with van der Waals surface area (Å²) in [6.45, 7) is 4.99. The number of epoxide rings is 1. The molecule has 80 valence electrons. The van der Waals surface area contributed by atoms with Crippen LogP contribution in [0.25, 0.3) is 0 Å². The van der Waals surface area contributed by atoms with Crippen LogP contribution in [-0.2, 0) is 9.47 Å². The maximum atomic E-state index is 11.7. The summed E-state index contributed by atoms with van der Waals surface area (Å²) in [5, 5.41) is 0. The topological polar surface area (TPSA) is 38.8 Å². The highest BCUT2D eigenvalue weighted by molar-refractivity contribution is 5.91. The SMILES string of the molecule is Cc1cccc(C(=O)OCC2CO2)c1C. The van der Waals surface area contributed by atoms with E-state index in [1.54, 1.807) is 6.07 Å². The summed E-state index contributed by atoms with van der Waals surface area (Å²) in [5.41, 5.74) is 2.74. The minimum Gasteiger partial charge on any atom is -0.459 e. The van der Waals surface area contributed by atoms with Gasteiger partial charge in [0, 0.05) is 0 Å². The predicted octanol–water partition coefficient (Wildman–Crippen LogP) is 1.86. The molecule has 3 heteroatoms. The first-order valence-electron chi connectivity index (χ1n) is 5.03. The Hall–Kier alpha value is -1.35. The molecule has 1 aromatic rings. The summed E-state index contributed by atoms with van der Waals surface area (Å²) >= 11 is 0. The number of carbonyl (C=O) groups is 1. The molecule has 0 saturated carbocycles. The van der Waals surface area contributed by atoms with Gasteiger partial charge in [0.15, 0.2) is 0 Å². The van der Waals surface area contributed by atoms with E-state index >= 15 is 0 Å². The number of benzene rings is 1. The Morgan fingerprint density at radius 1 is 1.53 bits per heavy atom. The van der Waals surface area contributed by atoms with Gasteiger partial charge >= 0.3 is 5.97 Å². The van der Waals surface area contributed by atoms with Crippen LogP contribution in [0.2, 0.25) is 0 Å². The van der Waals surface area contributed by atoms with Gasteiger partial charge < -0.3 is 9.47 Å². The summed E-state index contributed by atoms with van der Waals surface area (Å²) in [6.07, 6.45) is 0.124. The smallest absolute Gasteiger partial charge is 0.338 e. The number of aryl methyl sites for hydroxylation is 1. The van der Waals surface area contributed by atoms with Crippen molar-refractivity contribution in [3.05, 3.63) is 34.9 Å². The summed E-state index contributed by atoms with van der Waals surface area (Å²) in [6, 6.07) is 5.64. The number of ether oxygens (including phenoxy) is 2. The third-order valence-electron chi connectivity index (χ3n) is 2.63. The molecule has 1 aliphatic heterocycles.